The van der Waals surface area contributed by atoms with Gasteiger partial charge in [-0.15, -0.1) is 0 Å². The summed E-state index contributed by atoms with van der Waals surface area (Å²) in [5, 5.41) is 13.9. The lowest BCUT2D eigenvalue weighted by atomic mass is 9.83. The van der Waals surface area contributed by atoms with Gasteiger partial charge in [-0.2, -0.15) is 0 Å². The SMILES string of the molecule is CC(C)(C)c1cccc(C2CCCCN2)c1O. The van der Waals surface area contributed by atoms with Crippen molar-refractivity contribution in [3.8, 4) is 5.75 Å². The maximum absolute atomic E-state index is 10.4. The molecule has 1 aliphatic rings. The van der Waals surface area contributed by atoms with Crippen molar-refractivity contribution in [2.45, 2.75) is 51.5 Å². The van der Waals surface area contributed by atoms with Gasteiger partial charge in [0.15, 0.2) is 0 Å². The van der Waals surface area contributed by atoms with E-state index in [0.29, 0.717) is 11.8 Å². The van der Waals surface area contributed by atoms with Crippen molar-refractivity contribution in [1.82, 2.24) is 5.32 Å². The van der Waals surface area contributed by atoms with Crippen LogP contribution in [0.15, 0.2) is 18.2 Å². The number of hydrogen-bond donors (Lipinski definition) is 2. The van der Waals surface area contributed by atoms with Crippen LogP contribution >= 0.6 is 0 Å². The van der Waals surface area contributed by atoms with Gasteiger partial charge in [-0.3, -0.25) is 0 Å². The van der Waals surface area contributed by atoms with Crippen molar-refractivity contribution in [1.29, 1.82) is 0 Å². The smallest absolute Gasteiger partial charge is 0.124 e. The summed E-state index contributed by atoms with van der Waals surface area (Å²) < 4.78 is 0. The van der Waals surface area contributed by atoms with Crippen molar-refractivity contribution in [3.05, 3.63) is 29.3 Å². The molecular weight excluding hydrogens is 210 g/mol. The second-order valence-electron chi connectivity index (χ2n) is 6.00. The molecule has 1 aromatic carbocycles. The van der Waals surface area contributed by atoms with Gasteiger partial charge in [0.25, 0.3) is 0 Å². The van der Waals surface area contributed by atoms with Crippen LogP contribution in [0.5, 0.6) is 5.75 Å². The number of rotatable bonds is 1. The van der Waals surface area contributed by atoms with Crippen LogP contribution in [0.3, 0.4) is 0 Å². The van der Waals surface area contributed by atoms with Gasteiger partial charge in [-0.1, -0.05) is 45.4 Å². The monoisotopic (exact) mass is 233 g/mol. The Kier molecular flexibility index (Phi) is 3.43. The molecule has 2 N–H and O–H groups in total. The highest BCUT2D eigenvalue weighted by molar-refractivity contribution is 5.45. The quantitative estimate of drug-likeness (QED) is 0.778. The van der Waals surface area contributed by atoms with Gasteiger partial charge in [0, 0.05) is 11.6 Å². The van der Waals surface area contributed by atoms with Crippen LogP contribution in [0.25, 0.3) is 0 Å². The van der Waals surface area contributed by atoms with Crippen LogP contribution in [0, 0.1) is 0 Å². The van der Waals surface area contributed by atoms with E-state index in [4.69, 9.17) is 0 Å². The second-order valence-corrected chi connectivity index (χ2v) is 6.00. The first-order chi connectivity index (χ1) is 8.00. The molecule has 0 saturated carbocycles. The fraction of sp³-hybridized carbons (Fsp3) is 0.600. The van der Waals surface area contributed by atoms with Gasteiger partial charge in [0.05, 0.1) is 0 Å². The Bertz CT molecular complexity index is 386. The van der Waals surface area contributed by atoms with Crippen molar-refractivity contribution in [2.24, 2.45) is 0 Å². The third-order valence-electron chi connectivity index (χ3n) is 3.56. The van der Waals surface area contributed by atoms with Crippen LogP contribution in [0.4, 0.5) is 0 Å². The average molecular weight is 233 g/mol. The molecule has 1 aromatic rings. The highest BCUT2D eigenvalue weighted by Crippen LogP contribution is 2.37. The number of hydrogen-bond acceptors (Lipinski definition) is 2. The first-order valence-corrected chi connectivity index (χ1v) is 6.56. The predicted molar refractivity (Wildman–Crippen MR) is 71.4 cm³/mol. The van der Waals surface area contributed by atoms with Crippen molar-refractivity contribution < 1.29 is 5.11 Å². The summed E-state index contributed by atoms with van der Waals surface area (Å²) in [7, 11) is 0. The number of phenolic OH excluding ortho intramolecular Hbond substituents is 1. The fourth-order valence-electron chi connectivity index (χ4n) is 2.57. The van der Waals surface area contributed by atoms with E-state index in [1.807, 2.05) is 12.1 Å². The number of benzene rings is 1. The van der Waals surface area contributed by atoms with Crippen LogP contribution in [-0.2, 0) is 5.41 Å². The summed E-state index contributed by atoms with van der Waals surface area (Å²) in [6.07, 6.45) is 3.62. The molecule has 2 nitrogen and oxygen atoms in total. The number of piperidine rings is 1. The van der Waals surface area contributed by atoms with Gasteiger partial charge >= 0.3 is 0 Å². The van der Waals surface area contributed by atoms with E-state index in [1.54, 1.807) is 0 Å². The molecule has 1 aliphatic heterocycles. The van der Waals surface area contributed by atoms with E-state index in [0.717, 1.165) is 24.1 Å². The molecule has 1 unspecified atom stereocenters. The predicted octanol–water partition coefficient (Wildman–Crippen LogP) is 3.50. The lowest BCUT2D eigenvalue weighted by Crippen LogP contribution is -2.27. The Morgan fingerprint density at radius 3 is 2.59 bits per heavy atom. The first kappa shape index (κ1) is 12.4. The lowest BCUT2D eigenvalue weighted by Gasteiger charge is -2.28. The molecule has 0 aliphatic carbocycles. The molecule has 0 amide bonds. The maximum atomic E-state index is 10.4. The zero-order chi connectivity index (χ0) is 12.5. The first-order valence-electron chi connectivity index (χ1n) is 6.56. The number of phenols is 1. The highest BCUT2D eigenvalue weighted by Gasteiger charge is 2.23. The van der Waals surface area contributed by atoms with E-state index in [9.17, 15) is 5.11 Å². The van der Waals surface area contributed by atoms with Gasteiger partial charge in [0.1, 0.15) is 5.75 Å². The largest absolute Gasteiger partial charge is 0.507 e. The van der Waals surface area contributed by atoms with E-state index in [1.165, 1.54) is 12.8 Å². The fourth-order valence-corrected chi connectivity index (χ4v) is 2.57. The highest BCUT2D eigenvalue weighted by atomic mass is 16.3. The summed E-state index contributed by atoms with van der Waals surface area (Å²) in [4.78, 5) is 0. The zero-order valence-corrected chi connectivity index (χ0v) is 11.1. The van der Waals surface area contributed by atoms with Crippen LogP contribution < -0.4 is 5.32 Å². The minimum Gasteiger partial charge on any atom is -0.507 e. The van der Waals surface area contributed by atoms with Crippen LogP contribution in [0.2, 0.25) is 0 Å². The zero-order valence-electron chi connectivity index (χ0n) is 11.1. The van der Waals surface area contributed by atoms with E-state index >= 15 is 0 Å². The third kappa shape index (κ3) is 2.63. The molecule has 2 rings (SSSR count). The van der Waals surface area contributed by atoms with Gasteiger partial charge in [0.2, 0.25) is 0 Å². The summed E-state index contributed by atoms with van der Waals surface area (Å²) in [6, 6.07) is 6.47. The van der Waals surface area contributed by atoms with Crippen molar-refractivity contribution in [2.75, 3.05) is 6.54 Å². The molecular formula is C15H23NO. The topological polar surface area (TPSA) is 32.3 Å². The number of para-hydroxylation sites is 1. The summed E-state index contributed by atoms with van der Waals surface area (Å²) in [5.74, 6) is 0.486. The standard InChI is InChI=1S/C15H23NO/c1-15(2,3)12-8-6-7-11(14(12)17)13-9-4-5-10-16-13/h6-8,13,16-17H,4-5,9-10H2,1-3H3. The molecule has 1 fully saturated rings. The van der Waals surface area contributed by atoms with Crippen LogP contribution in [-0.4, -0.2) is 11.7 Å². The molecule has 0 bridgehead atoms. The minimum absolute atomic E-state index is 0.00520. The Morgan fingerprint density at radius 2 is 2.00 bits per heavy atom. The molecule has 0 spiro atoms. The average Bonchev–Trinajstić information content (AvgIpc) is 2.29. The number of nitrogens with one attached hydrogen (secondary N) is 1. The lowest BCUT2D eigenvalue weighted by molar-refractivity contribution is 0.383. The van der Waals surface area contributed by atoms with Gasteiger partial charge in [-0.25, -0.2) is 0 Å². The van der Waals surface area contributed by atoms with Gasteiger partial charge < -0.3 is 10.4 Å². The Hall–Kier alpha value is -1.02. The molecule has 94 valence electrons. The minimum atomic E-state index is -0.00520. The molecule has 1 atom stereocenters. The normalized spacial score (nSPS) is 21.5. The van der Waals surface area contributed by atoms with Gasteiger partial charge in [-0.05, 0) is 30.4 Å². The molecule has 0 radical (unpaired) electrons. The van der Waals surface area contributed by atoms with Crippen molar-refractivity contribution >= 4 is 0 Å². The molecule has 1 saturated heterocycles. The molecule has 17 heavy (non-hydrogen) atoms. The van der Waals surface area contributed by atoms with E-state index in [2.05, 4.69) is 32.2 Å². The molecule has 0 aromatic heterocycles. The van der Waals surface area contributed by atoms with Crippen molar-refractivity contribution in [3.63, 3.8) is 0 Å². The summed E-state index contributed by atoms with van der Waals surface area (Å²) >= 11 is 0. The summed E-state index contributed by atoms with van der Waals surface area (Å²) in [5.41, 5.74) is 2.11. The third-order valence-corrected chi connectivity index (χ3v) is 3.56. The second kappa shape index (κ2) is 4.69. The Balaban J connectivity index is 2.35. The summed E-state index contributed by atoms with van der Waals surface area (Å²) in [6.45, 7) is 7.48. The Labute approximate surface area is 104 Å². The van der Waals surface area contributed by atoms with Crippen LogP contribution in [0.1, 0.15) is 57.2 Å². The van der Waals surface area contributed by atoms with E-state index in [-0.39, 0.29) is 5.41 Å². The van der Waals surface area contributed by atoms with E-state index < -0.39 is 0 Å². The molecule has 1 heterocycles. The number of aromatic hydroxyl groups is 1. The maximum Gasteiger partial charge on any atom is 0.124 e. The molecule has 2 heteroatoms. The Morgan fingerprint density at radius 1 is 1.24 bits per heavy atom.